The molecule has 1 unspecified atom stereocenters. The molecule has 132 valence electrons. The van der Waals surface area contributed by atoms with E-state index >= 15 is 0 Å². The highest BCUT2D eigenvalue weighted by Gasteiger charge is 2.32. The zero-order valence-electron chi connectivity index (χ0n) is 13.4. The summed E-state index contributed by atoms with van der Waals surface area (Å²) < 4.78 is 44.3. The van der Waals surface area contributed by atoms with E-state index in [2.05, 4.69) is 5.32 Å². The number of ether oxygens (including phenoxy) is 1. The lowest BCUT2D eigenvalue weighted by Crippen LogP contribution is -2.31. The van der Waals surface area contributed by atoms with E-state index in [0.29, 0.717) is 25.3 Å². The molecule has 0 radical (unpaired) electrons. The molecule has 4 nitrogen and oxygen atoms in total. The first kappa shape index (κ1) is 17.1. The molecule has 0 spiro atoms. The number of benzene rings is 1. The Morgan fingerprint density at radius 1 is 1.21 bits per heavy atom. The summed E-state index contributed by atoms with van der Waals surface area (Å²) in [5.41, 5.74) is 0.153. The maximum Gasteiger partial charge on any atom is 0.416 e. The van der Waals surface area contributed by atoms with Gasteiger partial charge in [0.25, 0.3) is 0 Å². The second-order valence-electron chi connectivity index (χ2n) is 6.33. The van der Waals surface area contributed by atoms with E-state index in [4.69, 9.17) is 4.74 Å². The number of carbonyl (C=O) groups is 1. The highest BCUT2D eigenvalue weighted by atomic mass is 19.4. The number of carbonyl (C=O) groups excluding carboxylic acids is 1. The van der Waals surface area contributed by atoms with Crippen LogP contribution in [0.2, 0.25) is 0 Å². The second kappa shape index (κ2) is 7.01. The maximum atomic E-state index is 13.0. The molecule has 2 fully saturated rings. The summed E-state index contributed by atoms with van der Waals surface area (Å²) in [6.07, 6.45) is -0.700. The molecule has 2 heterocycles. The summed E-state index contributed by atoms with van der Waals surface area (Å²) in [4.78, 5) is 14.4. The van der Waals surface area contributed by atoms with Gasteiger partial charge in [0.1, 0.15) is 0 Å². The number of nitrogens with zero attached hydrogens (tertiary/aromatic N) is 1. The number of piperidine rings is 1. The number of hydrogen-bond acceptors (Lipinski definition) is 3. The highest BCUT2D eigenvalue weighted by molar-refractivity contribution is 5.96. The summed E-state index contributed by atoms with van der Waals surface area (Å²) in [5, 5.41) is 2.70. The zero-order valence-corrected chi connectivity index (χ0v) is 13.4. The van der Waals surface area contributed by atoms with E-state index in [1.54, 1.807) is 0 Å². The van der Waals surface area contributed by atoms with Gasteiger partial charge in [0.15, 0.2) is 0 Å². The van der Waals surface area contributed by atoms with Gasteiger partial charge in [-0.25, -0.2) is 0 Å². The van der Waals surface area contributed by atoms with Crippen LogP contribution in [-0.4, -0.2) is 32.2 Å². The van der Waals surface area contributed by atoms with Gasteiger partial charge in [-0.15, -0.1) is 0 Å². The molecule has 1 N–H and O–H groups in total. The fourth-order valence-corrected chi connectivity index (χ4v) is 3.20. The van der Waals surface area contributed by atoms with Gasteiger partial charge >= 0.3 is 6.18 Å². The minimum absolute atomic E-state index is 0.239. The van der Waals surface area contributed by atoms with Crippen LogP contribution >= 0.6 is 0 Å². The largest absolute Gasteiger partial charge is 0.416 e. The third-order valence-corrected chi connectivity index (χ3v) is 4.58. The van der Waals surface area contributed by atoms with Crippen molar-refractivity contribution in [3.63, 3.8) is 0 Å². The van der Waals surface area contributed by atoms with Gasteiger partial charge in [0.2, 0.25) is 5.91 Å². The molecule has 0 aliphatic carbocycles. The number of amides is 1. The van der Waals surface area contributed by atoms with E-state index in [1.807, 2.05) is 4.90 Å². The second-order valence-corrected chi connectivity index (χ2v) is 6.33. The van der Waals surface area contributed by atoms with Crippen molar-refractivity contribution in [2.45, 2.75) is 31.9 Å². The number of alkyl halides is 3. The average molecular weight is 342 g/mol. The Kier molecular flexibility index (Phi) is 4.99. The van der Waals surface area contributed by atoms with Crippen molar-refractivity contribution in [1.82, 2.24) is 0 Å². The van der Waals surface area contributed by atoms with Crippen molar-refractivity contribution in [3.05, 3.63) is 23.8 Å². The fourth-order valence-electron chi connectivity index (χ4n) is 3.20. The predicted molar refractivity (Wildman–Crippen MR) is 85.1 cm³/mol. The van der Waals surface area contributed by atoms with E-state index in [9.17, 15) is 18.0 Å². The summed E-state index contributed by atoms with van der Waals surface area (Å²) in [7, 11) is 0. The van der Waals surface area contributed by atoms with Crippen molar-refractivity contribution >= 4 is 17.3 Å². The fraction of sp³-hybridized carbons (Fsp3) is 0.588. The monoisotopic (exact) mass is 342 g/mol. The van der Waals surface area contributed by atoms with Crippen molar-refractivity contribution in [2.24, 2.45) is 5.92 Å². The number of hydrogen-bond donors (Lipinski definition) is 1. The van der Waals surface area contributed by atoms with Crippen LogP contribution in [0.25, 0.3) is 0 Å². The number of halogens is 3. The Morgan fingerprint density at radius 2 is 1.96 bits per heavy atom. The van der Waals surface area contributed by atoms with Crippen molar-refractivity contribution < 1.29 is 22.7 Å². The summed E-state index contributed by atoms with van der Waals surface area (Å²) in [6.45, 7) is 2.42. The molecule has 0 aromatic heterocycles. The Balaban J connectivity index is 1.87. The van der Waals surface area contributed by atoms with E-state index in [1.165, 1.54) is 6.07 Å². The van der Waals surface area contributed by atoms with Crippen LogP contribution in [-0.2, 0) is 15.7 Å². The normalized spacial score (nSPS) is 21.8. The Hall–Kier alpha value is -1.76. The number of nitrogens with one attached hydrogen (secondary N) is 1. The van der Waals surface area contributed by atoms with Gasteiger partial charge in [-0.2, -0.15) is 13.2 Å². The number of anilines is 2. The van der Waals surface area contributed by atoms with Crippen molar-refractivity contribution in [3.8, 4) is 0 Å². The highest BCUT2D eigenvalue weighted by Crippen LogP contribution is 2.36. The third kappa shape index (κ3) is 3.83. The molecule has 1 aromatic carbocycles. The van der Waals surface area contributed by atoms with Crippen LogP contribution in [0.1, 0.15) is 31.2 Å². The van der Waals surface area contributed by atoms with Crippen molar-refractivity contribution in [2.75, 3.05) is 36.5 Å². The molecule has 0 bridgehead atoms. The lowest BCUT2D eigenvalue weighted by molar-refractivity contribution is -0.137. The molecule has 1 atom stereocenters. The van der Waals surface area contributed by atoms with Gasteiger partial charge < -0.3 is 15.0 Å². The minimum atomic E-state index is -4.43. The van der Waals surface area contributed by atoms with Gasteiger partial charge in [0.05, 0.1) is 29.5 Å². The van der Waals surface area contributed by atoms with Gasteiger partial charge in [-0.3, -0.25) is 4.79 Å². The van der Waals surface area contributed by atoms with Crippen LogP contribution in [0.15, 0.2) is 18.2 Å². The lowest BCUT2D eigenvalue weighted by atomic mass is 10.1. The van der Waals surface area contributed by atoms with Crippen LogP contribution in [0.5, 0.6) is 0 Å². The van der Waals surface area contributed by atoms with Crippen molar-refractivity contribution in [1.29, 1.82) is 0 Å². The predicted octanol–water partition coefficient (Wildman–Crippen LogP) is 3.67. The Morgan fingerprint density at radius 3 is 2.58 bits per heavy atom. The molecular weight excluding hydrogens is 321 g/mol. The molecule has 3 rings (SSSR count). The zero-order chi connectivity index (χ0) is 17.2. The molecular formula is C17H21F3N2O2. The molecule has 2 aliphatic rings. The molecule has 2 saturated heterocycles. The molecule has 2 aliphatic heterocycles. The van der Waals surface area contributed by atoms with E-state index < -0.39 is 11.7 Å². The van der Waals surface area contributed by atoms with Crippen LogP contribution in [0.4, 0.5) is 24.5 Å². The first-order valence-corrected chi connectivity index (χ1v) is 8.30. The smallest absolute Gasteiger partial charge is 0.381 e. The lowest BCUT2D eigenvalue weighted by Gasteiger charge is -2.31. The topological polar surface area (TPSA) is 41.6 Å². The van der Waals surface area contributed by atoms with E-state index in [0.717, 1.165) is 44.5 Å². The van der Waals surface area contributed by atoms with Gasteiger partial charge in [-0.1, -0.05) is 0 Å². The van der Waals surface area contributed by atoms with Crippen LogP contribution in [0, 0.1) is 5.92 Å². The van der Waals surface area contributed by atoms with Gasteiger partial charge in [-0.05, 0) is 43.9 Å². The molecule has 7 heteroatoms. The quantitative estimate of drug-likeness (QED) is 0.911. The molecule has 0 saturated carbocycles. The standard InChI is InChI=1S/C17H21F3N2O2/c18-17(19,20)13-4-5-15(22-7-2-1-3-8-22)14(10-13)21-16(23)12-6-9-24-11-12/h4-5,10,12H,1-3,6-9,11H2,(H,21,23). The minimum Gasteiger partial charge on any atom is -0.381 e. The van der Waals surface area contributed by atoms with Crippen LogP contribution in [0.3, 0.4) is 0 Å². The SMILES string of the molecule is O=C(Nc1cc(C(F)(F)F)ccc1N1CCCCC1)C1CCOC1. The number of rotatable bonds is 3. The van der Waals surface area contributed by atoms with Crippen LogP contribution < -0.4 is 10.2 Å². The molecule has 1 amide bonds. The first-order chi connectivity index (χ1) is 11.4. The molecule has 24 heavy (non-hydrogen) atoms. The summed E-state index contributed by atoms with van der Waals surface area (Å²) >= 11 is 0. The average Bonchev–Trinajstić information content (AvgIpc) is 3.09. The Bertz CT molecular complexity index is 592. The maximum absolute atomic E-state index is 13.0. The third-order valence-electron chi connectivity index (χ3n) is 4.58. The molecule has 1 aromatic rings. The van der Waals surface area contributed by atoms with E-state index in [-0.39, 0.29) is 17.5 Å². The summed E-state index contributed by atoms with van der Waals surface area (Å²) in [6, 6.07) is 3.59. The van der Waals surface area contributed by atoms with Gasteiger partial charge in [0, 0.05) is 19.7 Å². The first-order valence-electron chi connectivity index (χ1n) is 8.30. The Labute approximate surface area is 139 Å². The summed E-state index contributed by atoms with van der Waals surface area (Å²) in [5.74, 6) is -0.571.